The molecule has 2 rings (SSSR count). The first-order valence-electron chi connectivity index (χ1n) is 4.98. The van der Waals surface area contributed by atoms with Gasteiger partial charge >= 0.3 is 0 Å². The van der Waals surface area contributed by atoms with E-state index in [1.165, 1.54) is 0 Å². The Labute approximate surface area is 97.6 Å². The van der Waals surface area contributed by atoms with Crippen LogP contribution in [-0.4, -0.2) is 37.3 Å². The Morgan fingerprint density at radius 2 is 2.53 bits per heavy atom. The van der Waals surface area contributed by atoms with E-state index >= 15 is 0 Å². The monoisotopic (exact) mass is 271 g/mol. The van der Waals surface area contributed by atoms with Gasteiger partial charge in [-0.05, 0) is 28.1 Å². The molecular weight excluding hydrogens is 258 g/mol. The highest BCUT2D eigenvalue weighted by molar-refractivity contribution is 9.10. The predicted molar refractivity (Wildman–Crippen MR) is 62.9 cm³/mol. The molecule has 0 spiro atoms. The van der Waals surface area contributed by atoms with Crippen LogP contribution in [0.4, 0.5) is 5.82 Å². The lowest BCUT2D eigenvalue weighted by atomic mass is 10.2. The number of morpholine rings is 1. The number of nitrogens with zero attached hydrogens (tertiary/aromatic N) is 2. The van der Waals surface area contributed by atoms with Gasteiger partial charge in [0, 0.05) is 19.3 Å². The highest BCUT2D eigenvalue weighted by atomic mass is 79.9. The van der Waals surface area contributed by atoms with Crippen molar-refractivity contribution in [1.82, 2.24) is 4.98 Å². The van der Waals surface area contributed by atoms with Crippen LogP contribution >= 0.6 is 15.9 Å². The first-order chi connectivity index (χ1) is 7.33. The summed E-state index contributed by atoms with van der Waals surface area (Å²) in [5.74, 6) is 0.955. The van der Waals surface area contributed by atoms with Gasteiger partial charge in [0.2, 0.25) is 0 Å². The summed E-state index contributed by atoms with van der Waals surface area (Å²) in [6.45, 7) is 2.85. The van der Waals surface area contributed by atoms with Gasteiger partial charge in [0.15, 0.2) is 0 Å². The maximum absolute atomic E-state index is 5.72. The number of aromatic nitrogens is 1. The van der Waals surface area contributed by atoms with Gasteiger partial charge < -0.3 is 15.4 Å². The van der Waals surface area contributed by atoms with Gasteiger partial charge in [0.25, 0.3) is 0 Å². The number of rotatable bonds is 2. The summed E-state index contributed by atoms with van der Waals surface area (Å²) in [6.07, 6.45) is 1.79. The smallest absolute Gasteiger partial charge is 0.143 e. The van der Waals surface area contributed by atoms with Crippen molar-refractivity contribution >= 4 is 21.7 Å². The van der Waals surface area contributed by atoms with Gasteiger partial charge in [0.1, 0.15) is 5.82 Å². The van der Waals surface area contributed by atoms with Crippen molar-refractivity contribution in [2.45, 2.75) is 6.04 Å². The van der Waals surface area contributed by atoms with Gasteiger partial charge in [-0.15, -0.1) is 0 Å². The fourth-order valence-corrected chi connectivity index (χ4v) is 2.20. The van der Waals surface area contributed by atoms with Crippen LogP contribution in [0.3, 0.4) is 0 Å². The molecule has 4 nitrogen and oxygen atoms in total. The minimum atomic E-state index is 0.227. The Bertz CT molecular complexity index is 334. The summed E-state index contributed by atoms with van der Waals surface area (Å²) in [5, 5.41) is 0. The summed E-state index contributed by atoms with van der Waals surface area (Å²) >= 11 is 3.50. The van der Waals surface area contributed by atoms with E-state index in [9.17, 15) is 0 Å². The number of hydrogen-bond donors (Lipinski definition) is 1. The normalized spacial score (nSPS) is 21.7. The molecule has 0 aromatic carbocycles. The number of halogens is 1. The maximum atomic E-state index is 5.72. The van der Waals surface area contributed by atoms with Crippen LogP contribution in [0.1, 0.15) is 0 Å². The number of hydrogen-bond acceptors (Lipinski definition) is 4. The molecule has 1 aliphatic rings. The van der Waals surface area contributed by atoms with E-state index in [-0.39, 0.29) is 6.04 Å². The van der Waals surface area contributed by atoms with Crippen molar-refractivity contribution in [3.8, 4) is 0 Å². The molecule has 0 aliphatic carbocycles. The van der Waals surface area contributed by atoms with Crippen LogP contribution in [0.15, 0.2) is 22.8 Å². The molecule has 2 N–H and O–H groups in total. The zero-order valence-corrected chi connectivity index (χ0v) is 9.98. The summed E-state index contributed by atoms with van der Waals surface area (Å²) in [4.78, 5) is 6.57. The molecule has 1 saturated heterocycles. The molecule has 0 amide bonds. The summed E-state index contributed by atoms with van der Waals surface area (Å²) in [7, 11) is 0. The molecule has 1 aromatic heterocycles. The van der Waals surface area contributed by atoms with Crippen molar-refractivity contribution in [1.29, 1.82) is 0 Å². The molecule has 1 fully saturated rings. The zero-order valence-electron chi connectivity index (χ0n) is 8.40. The van der Waals surface area contributed by atoms with Crippen molar-refractivity contribution in [3.63, 3.8) is 0 Å². The molecule has 1 unspecified atom stereocenters. The van der Waals surface area contributed by atoms with E-state index in [0.717, 1.165) is 23.4 Å². The van der Waals surface area contributed by atoms with Crippen molar-refractivity contribution in [2.75, 3.05) is 31.2 Å². The van der Waals surface area contributed by atoms with Gasteiger partial charge in [-0.1, -0.05) is 0 Å². The van der Waals surface area contributed by atoms with Crippen LogP contribution in [0.25, 0.3) is 0 Å². The Morgan fingerprint density at radius 3 is 3.27 bits per heavy atom. The molecule has 1 aromatic rings. The van der Waals surface area contributed by atoms with E-state index in [0.29, 0.717) is 13.2 Å². The van der Waals surface area contributed by atoms with E-state index < -0.39 is 0 Å². The minimum Gasteiger partial charge on any atom is -0.377 e. The molecular formula is C10H14BrN3O. The van der Waals surface area contributed by atoms with Crippen molar-refractivity contribution < 1.29 is 4.74 Å². The predicted octanol–water partition coefficient (Wildman–Crippen LogP) is 1.01. The number of ether oxygens (including phenoxy) is 1. The number of nitrogens with two attached hydrogens (primary N) is 1. The van der Waals surface area contributed by atoms with Gasteiger partial charge in [-0.3, -0.25) is 0 Å². The Hall–Kier alpha value is -0.650. The zero-order chi connectivity index (χ0) is 10.7. The second-order valence-corrected chi connectivity index (χ2v) is 4.32. The molecule has 0 saturated carbocycles. The maximum Gasteiger partial charge on any atom is 0.143 e. The van der Waals surface area contributed by atoms with E-state index in [4.69, 9.17) is 10.5 Å². The number of pyridine rings is 1. The van der Waals surface area contributed by atoms with Crippen molar-refractivity contribution in [2.24, 2.45) is 5.73 Å². The van der Waals surface area contributed by atoms with E-state index in [1.807, 2.05) is 12.1 Å². The molecule has 2 heterocycles. The average Bonchev–Trinajstić information content (AvgIpc) is 2.30. The van der Waals surface area contributed by atoms with Crippen LogP contribution < -0.4 is 10.6 Å². The van der Waals surface area contributed by atoms with E-state index in [2.05, 4.69) is 25.8 Å². The molecule has 1 aliphatic heterocycles. The lowest BCUT2D eigenvalue weighted by Gasteiger charge is -2.36. The molecule has 1 atom stereocenters. The second kappa shape index (κ2) is 4.92. The third kappa shape index (κ3) is 2.30. The SMILES string of the molecule is NCC1COCCN1c1ncccc1Br. The molecule has 0 bridgehead atoms. The summed E-state index contributed by atoms with van der Waals surface area (Å²) < 4.78 is 6.40. The minimum absolute atomic E-state index is 0.227. The fourth-order valence-electron chi connectivity index (χ4n) is 1.72. The highest BCUT2D eigenvalue weighted by Gasteiger charge is 2.24. The van der Waals surface area contributed by atoms with Gasteiger partial charge in [-0.25, -0.2) is 4.98 Å². The molecule has 15 heavy (non-hydrogen) atoms. The first-order valence-corrected chi connectivity index (χ1v) is 5.77. The van der Waals surface area contributed by atoms with Crippen LogP contribution in [0, 0.1) is 0 Å². The summed E-state index contributed by atoms with van der Waals surface area (Å²) in [6, 6.07) is 4.13. The second-order valence-electron chi connectivity index (χ2n) is 3.47. The lowest BCUT2D eigenvalue weighted by molar-refractivity contribution is 0.0958. The third-order valence-corrected chi connectivity index (χ3v) is 3.13. The van der Waals surface area contributed by atoms with Gasteiger partial charge in [0.05, 0.1) is 23.7 Å². The topological polar surface area (TPSA) is 51.4 Å². The Kier molecular flexibility index (Phi) is 3.56. The van der Waals surface area contributed by atoms with Gasteiger partial charge in [-0.2, -0.15) is 0 Å². The fraction of sp³-hybridized carbons (Fsp3) is 0.500. The average molecular weight is 272 g/mol. The Morgan fingerprint density at radius 1 is 1.67 bits per heavy atom. The van der Waals surface area contributed by atoms with Crippen LogP contribution in [0.2, 0.25) is 0 Å². The number of anilines is 1. The summed E-state index contributed by atoms with van der Waals surface area (Å²) in [5.41, 5.74) is 5.72. The van der Waals surface area contributed by atoms with Crippen molar-refractivity contribution in [3.05, 3.63) is 22.8 Å². The third-order valence-electron chi connectivity index (χ3n) is 2.51. The van der Waals surface area contributed by atoms with Crippen LogP contribution in [0.5, 0.6) is 0 Å². The van der Waals surface area contributed by atoms with Crippen LogP contribution in [-0.2, 0) is 4.74 Å². The standard InChI is InChI=1S/C10H14BrN3O/c11-9-2-1-3-13-10(9)14-4-5-15-7-8(14)6-12/h1-3,8H,4-7,12H2. The first kappa shape index (κ1) is 10.9. The largest absolute Gasteiger partial charge is 0.377 e. The molecule has 5 heteroatoms. The molecule has 82 valence electrons. The lowest BCUT2D eigenvalue weighted by Crippen LogP contribution is -2.50. The molecule has 0 radical (unpaired) electrons. The quantitative estimate of drug-likeness (QED) is 0.873. The van der Waals surface area contributed by atoms with E-state index in [1.54, 1.807) is 6.20 Å². The Balaban J connectivity index is 2.24. The highest BCUT2D eigenvalue weighted by Crippen LogP contribution is 2.25.